The molecule has 0 aliphatic carbocycles. The fourth-order valence-corrected chi connectivity index (χ4v) is 2.49. The Kier molecular flexibility index (Phi) is 5.48. The highest BCUT2D eigenvalue weighted by molar-refractivity contribution is 14.1. The highest BCUT2D eigenvalue weighted by Gasteiger charge is 2.12. The molecule has 0 spiro atoms. The third-order valence-electron chi connectivity index (χ3n) is 3.29. The molecule has 0 radical (unpaired) electrons. The second-order valence-corrected chi connectivity index (χ2v) is 6.00. The fourth-order valence-electron chi connectivity index (χ4n) is 2.13. The van der Waals surface area contributed by atoms with Gasteiger partial charge in [0, 0.05) is 15.7 Å². The Bertz CT molecular complexity index is 569. The monoisotopic (exact) mass is 387 g/mol. The van der Waals surface area contributed by atoms with Gasteiger partial charge in [0.2, 0.25) is 0 Å². The van der Waals surface area contributed by atoms with Gasteiger partial charge in [-0.1, -0.05) is 18.2 Å². The standard InChI is InChI=1S/C16H16F2IN/c1-20-15(8-11-2-6-14(19)7-3-11)9-12-4-5-13(17)10-16(12)18/h2-7,10,15,20H,8-9H2,1H3. The minimum absolute atomic E-state index is 0.120. The van der Waals surface area contributed by atoms with Crippen LogP contribution in [0.2, 0.25) is 0 Å². The highest BCUT2D eigenvalue weighted by Crippen LogP contribution is 2.15. The predicted molar refractivity (Wildman–Crippen MR) is 85.8 cm³/mol. The van der Waals surface area contributed by atoms with Crippen LogP contribution in [-0.2, 0) is 12.8 Å². The molecule has 2 aromatic rings. The molecule has 1 unspecified atom stereocenters. The third kappa shape index (κ3) is 4.24. The third-order valence-corrected chi connectivity index (χ3v) is 4.00. The van der Waals surface area contributed by atoms with Gasteiger partial charge in [-0.3, -0.25) is 0 Å². The summed E-state index contributed by atoms with van der Waals surface area (Å²) in [6, 6.07) is 12.1. The fraction of sp³-hybridized carbons (Fsp3) is 0.250. The van der Waals surface area contributed by atoms with E-state index in [2.05, 4.69) is 52.2 Å². The number of halogens is 3. The minimum atomic E-state index is -0.537. The molecule has 4 heteroatoms. The van der Waals surface area contributed by atoms with Crippen LogP contribution in [0.5, 0.6) is 0 Å². The average Bonchev–Trinajstić information content (AvgIpc) is 2.43. The maximum absolute atomic E-state index is 13.7. The van der Waals surface area contributed by atoms with Gasteiger partial charge >= 0.3 is 0 Å². The Hall–Kier alpha value is -1.01. The van der Waals surface area contributed by atoms with Crippen LogP contribution in [0.25, 0.3) is 0 Å². The first-order valence-corrected chi connectivity index (χ1v) is 7.52. The number of nitrogens with one attached hydrogen (secondary N) is 1. The Morgan fingerprint density at radius 2 is 1.75 bits per heavy atom. The van der Waals surface area contributed by atoms with E-state index >= 15 is 0 Å². The number of benzene rings is 2. The van der Waals surface area contributed by atoms with Gasteiger partial charge in [-0.2, -0.15) is 0 Å². The molecule has 0 bridgehead atoms. The predicted octanol–water partition coefficient (Wildman–Crippen LogP) is 3.94. The molecule has 1 nitrogen and oxygen atoms in total. The van der Waals surface area contributed by atoms with Crippen LogP contribution >= 0.6 is 22.6 Å². The number of hydrogen-bond donors (Lipinski definition) is 1. The highest BCUT2D eigenvalue weighted by atomic mass is 127. The molecule has 0 aliphatic rings. The minimum Gasteiger partial charge on any atom is -0.316 e. The van der Waals surface area contributed by atoms with Crippen molar-refractivity contribution in [1.29, 1.82) is 0 Å². The molecular formula is C16H16F2IN. The van der Waals surface area contributed by atoms with Crippen molar-refractivity contribution in [3.05, 3.63) is 68.8 Å². The van der Waals surface area contributed by atoms with E-state index in [0.717, 1.165) is 12.5 Å². The average molecular weight is 387 g/mol. The van der Waals surface area contributed by atoms with Crippen LogP contribution in [0, 0.1) is 15.2 Å². The lowest BCUT2D eigenvalue weighted by molar-refractivity contribution is 0.524. The van der Waals surface area contributed by atoms with Gasteiger partial charge in [0.05, 0.1) is 0 Å². The van der Waals surface area contributed by atoms with Crippen LogP contribution in [0.4, 0.5) is 8.78 Å². The maximum Gasteiger partial charge on any atom is 0.129 e. The molecule has 0 heterocycles. The molecule has 0 aromatic heterocycles. The quantitative estimate of drug-likeness (QED) is 0.767. The van der Waals surface area contributed by atoms with Gasteiger partial charge in [0.25, 0.3) is 0 Å². The topological polar surface area (TPSA) is 12.0 Å². The van der Waals surface area contributed by atoms with E-state index in [0.29, 0.717) is 12.0 Å². The van der Waals surface area contributed by atoms with Crippen LogP contribution in [0.3, 0.4) is 0 Å². The van der Waals surface area contributed by atoms with E-state index in [9.17, 15) is 8.78 Å². The van der Waals surface area contributed by atoms with E-state index in [-0.39, 0.29) is 6.04 Å². The van der Waals surface area contributed by atoms with E-state index in [4.69, 9.17) is 0 Å². The second kappa shape index (κ2) is 7.13. The molecule has 0 saturated carbocycles. The van der Waals surface area contributed by atoms with E-state index in [1.165, 1.54) is 21.3 Å². The van der Waals surface area contributed by atoms with E-state index in [1.54, 1.807) is 0 Å². The summed E-state index contributed by atoms with van der Waals surface area (Å²) < 4.78 is 27.8. The van der Waals surface area contributed by atoms with Crippen molar-refractivity contribution in [2.75, 3.05) is 7.05 Å². The summed E-state index contributed by atoms with van der Waals surface area (Å²) in [4.78, 5) is 0. The van der Waals surface area contributed by atoms with Crippen LogP contribution in [0.15, 0.2) is 42.5 Å². The molecule has 0 amide bonds. The normalized spacial score (nSPS) is 12.4. The Balaban J connectivity index is 2.07. The molecule has 106 valence electrons. The van der Waals surface area contributed by atoms with Gasteiger partial charge in [-0.25, -0.2) is 8.78 Å². The second-order valence-electron chi connectivity index (χ2n) is 4.76. The summed E-state index contributed by atoms with van der Waals surface area (Å²) in [5, 5.41) is 3.19. The zero-order valence-electron chi connectivity index (χ0n) is 11.2. The molecule has 0 saturated heterocycles. The van der Waals surface area contributed by atoms with Gasteiger partial charge < -0.3 is 5.32 Å². The van der Waals surface area contributed by atoms with Crippen molar-refractivity contribution in [3.63, 3.8) is 0 Å². The molecule has 1 N–H and O–H groups in total. The van der Waals surface area contributed by atoms with Crippen LogP contribution < -0.4 is 5.32 Å². The number of likely N-dealkylation sites (N-methyl/N-ethyl adjacent to an activating group) is 1. The molecular weight excluding hydrogens is 371 g/mol. The lowest BCUT2D eigenvalue weighted by atomic mass is 9.99. The summed E-state index contributed by atoms with van der Waals surface area (Å²) in [5.74, 6) is -1.02. The van der Waals surface area contributed by atoms with E-state index in [1.807, 2.05) is 7.05 Å². The summed E-state index contributed by atoms with van der Waals surface area (Å²) in [6.07, 6.45) is 1.35. The smallest absolute Gasteiger partial charge is 0.129 e. The first-order valence-electron chi connectivity index (χ1n) is 6.44. The first kappa shape index (κ1) is 15.4. The van der Waals surface area contributed by atoms with Crippen molar-refractivity contribution < 1.29 is 8.78 Å². The summed E-state index contributed by atoms with van der Waals surface area (Å²) in [5.41, 5.74) is 1.74. The van der Waals surface area contributed by atoms with E-state index < -0.39 is 11.6 Å². The van der Waals surface area contributed by atoms with Crippen LogP contribution in [-0.4, -0.2) is 13.1 Å². The lowest BCUT2D eigenvalue weighted by Crippen LogP contribution is -2.30. The molecule has 0 fully saturated rings. The maximum atomic E-state index is 13.7. The molecule has 0 aliphatic heterocycles. The van der Waals surface area contributed by atoms with Gasteiger partial charge in [0.1, 0.15) is 11.6 Å². The van der Waals surface area contributed by atoms with Gasteiger partial charge in [-0.15, -0.1) is 0 Å². The zero-order valence-corrected chi connectivity index (χ0v) is 13.3. The first-order chi connectivity index (χ1) is 9.58. The lowest BCUT2D eigenvalue weighted by Gasteiger charge is -2.17. The van der Waals surface area contributed by atoms with Crippen molar-refractivity contribution in [3.8, 4) is 0 Å². The summed E-state index contributed by atoms with van der Waals surface area (Å²) in [6.45, 7) is 0. The number of rotatable bonds is 5. The number of hydrogen-bond acceptors (Lipinski definition) is 1. The Morgan fingerprint density at radius 1 is 1.05 bits per heavy atom. The Labute approximate surface area is 131 Å². The largest absolute Gasteiger partial charge is 0.316 e. The summed E-state index contributed by atoms with van der Waals surface area (Å²) in [7, 11) is 1.86. The van der Waals surface area contributed by atoms with Crippen LogP contribution in [0.1, 0.15) is 11.1 Å². The van der Waals surface area contributed by atoms with Gasteiger partial charge in [-0.05, 0) is 71.8 Å². The SMILES string of the molecule is CNC(Cc1ccc(I)cc1)Cc1ccc(F)cc1F. The van der Waals surface area contributed by atoms with Crippen molar-refractivity contribution in [1.82, 2.24) is 5.32 Å². The van der Waals surface area contributed by atoms with Crippen molar-refractivity contribution in [2.45, 2.75) is 18.9 Å². The van der Waals surface area contributed by atoms with Crippen molar-refractivity contribution in [2.24, 2.45) is 0 Å². The molecule has 1 atom stereocenters. The summed E-state index contributed by atoms with van der Waals surface area (Å²) >= 11 is 2.26. The van der Waals surface area contributed by atoms with Crippen molar-refractivity contribution >= 4 is 22.6 Å². The molecule has 2 rings (SSSR count). The van der Waals surface area contributed by atoms with Gasteiger partial charge in [0.15, 0.2) is 0 Å². The zero-order chi connectivity index (χ0) is 14.5. The Morgan fingerprint density at radius 3 is 2.35 bits per heavy atom. The molecule has 20 heavy (non-hydrogen) atoms. The molecule has 2 aromatic carbocycles.